The summed E-state index contributed by atoms with van der Waals surface area (Å²) >= 11 is 0. The molecule has 0 saturated heterocycles. The number of hydrogen-bond donors (Lipinski definition) is 3. The van der Waals surface area contributed by atoms with Gasteiger partial charge >= 0.3 is 0 Å². The lowest BCUT2D eigenvalue weighted by Gasteiger charge is -2.01. The Balaban J connectivity index is 0.000000673. The lowest BCUT2D eigenvalue weighted by Crippen LogP contribution is -2.01. The van der Waals surface area contributed by atoms with E-state index in [1.165, 1.54) is 26.1 Å². The van der Waals surface area contributed by atoms with Crippen molar-refractivity contribution in [1.82, 2.24) is 5.48 Å². The topological polar surface area (TPSA) is 101 Å². The van der Waals surface area contributed by atoms with E-state index in [1.807, 2.05) is 0 Å². The Bertz CT molecular complexity index is 371. The number of nitro benzene ring substituents is 1. The summed E-state index contributed by atoms with van der Waals surface area (Å²) in [6.45, 7) is 1.46. The highest BCUT2D eigenvalue weighted by Gasteiger charge is 2.15. The van der Waals surface area contributed by atoms with Crippen LogP contribution in [0.3, 0.4) is 0 Å². The van der Waals surface area contributed by atoms with E-state index in [4.69, 9.17) is 10.9 Å². The normalized spacial score (nSPS) is 9.31. The molecule has 16 heavy (non-hydrogen) atoms. The molecule has 1 aromatic rings. The number of hydroxylamine groups is 1. The van der Waals surface area contributed by atoms with E-state index >= 15 is 0 Å². The first-order chi connectivity index (χ1) is 7.47. The molecule has 0 aliphatic rings. The molecule has 0 fully saturated rings. The molecule has 0 bridgehead atoms. The van der Waals surface area contributed by atoms with Gasteiger partial charge in [0, 0.05) is 19.7 Å². The lowest BCUT2D eigenvalue weighted by atomic mass is 10.1. The van der Waals surface area contributed by atoms with E-state index in [1.54, 1.807) is 5.48 Å². The van der Waals surface area contributed by atoms with E-state index in [0.29, 0.717) is 5.56 Å². The molecule has 4 N–H and O–H groups in total. The van der Waals surface area contributed by atoms with E-state index in [0.717, 1.165) is 0 Å². The summed E-state index contributed by atoms with van der Waals surface area (Å²) in [5, 5.41) is 17.8. The minimum absolute atomic E-state index is 0.0437. The van der Waals surface area contributed by atoms with E-state index in [9.17, 15) is 14.5 Å². The molecule has 0 heterocycles. The van der Waals surface area contributed by atoms with Gasteiger partial charge in [-0.3, -0.25) is 10.1 Å². The zero-order valence-electron chi connectivity index (χ0n) is 9.03. The van der Waals surface area contributed by atoms with Crippen molar-refractivity contribution in [3.63, 3.8) is 0 Å². The molecule has 0 saturated carbocycles. The van der Waals surface area contributed by atoms with Gasteiger partial charge in [0.2, 0.25) is 0 Å². The number of benzene rings is 1. The van der Waals surface area contributed by atoms with Crippen LogP contribution in [0, 0.1) is 22.9 Å². The summed E-state index contributed by atoms with van der Waals surface area (Å²) in [5.74, 6) is -0.588. The van der Waals surface area contributed by atoms with Crippen molar-refractivity contribution < 1.29 is 14.5 Å². The number of rotatable bonds is 2. The molecular weight excluding hydrogens is 217 g/mol. The van der Waals surface area contributed by atoms with E-state index in [2.05, 4.69) is 0 Å². The van der Waals surface area contributed by atoms with Crippen molar-refractivity contribution in [2.45, 2.75) is 13.5 Å². The van der Waals surface area contributed by atoms with Gasteiger partial charge in [-0.2, -0.15) is 0 Å². The second-order valence-electron chi connectivity index (χ2n) is 2.91. The molecule has 0 atom stereocenters. The molecule has 0 aromatic heterocycles. The van der Waals surface area contributed by atoms with Crippen molar-refractivity contribution in [2.75, 3.05) is 7.05 Å². The Labute approximate surface area is 92.0 Å². The average Bonchev–Trinajstić information content (AvgIpc) is 2.22. The fourth-order valence-corrected chi connectivity index (χ4v) is 1.03. The fourth-order valence-electron chi connectivity index (χ4n) is 1.03. The van der Waals surface area contributed by atoms with Crippen LogP contribution in [0.15, 0.2) is 12.1 Å². The lowest BCUT2D eigenvalue weighted by molar-refractivity contribution is -0.385. The molecule has 90 valence electrons. The molecule has 0 spiro atoms. The molecule has 6 nitrogen and oxygen atoms in total. The van der Waals surface area contributed by atoms with Gasteiger partial charge in [-0.05, 0) is 18.6 Å². The highest BCUT2D eigenvalue weighted by molar-refractivity contribution is 5.43. The Hall–Kier alpha value is -1.57. The average molecular weight is 231 g/mol. The van der Waals surface area contributed by atoms with Crippen molar-refractivity contribution in [2.24, 2.45) is 5.73 Å². The summed E-state index contributed by atoms with van der Waals surface area (Å²) < 4.78 is 13.0. The molecular formula is C9H14FN3O3. The van der Waals surface area contributed by atoms with Crippen LogP contribution in [0.4, 0.5) is 10.1 Å². The van der Waals surface area contributed by atoms with Crippen LogP contribution in [0.1, 0.15) is 11.1 Å². The SMILES string of the molecule is CNO.Cc1c(F)cc(CN)cc1[N+](=O)[O-]. The van der Waals surface area contributed by atoms with Crippen molar-refractivity contribution in [3.05, 3.63) is 39.2 Å². The summed E-state index contributed by atoms with van der Waals surface area (Å²) in [4.78, 5) is 9.83. The van der Waals surface area contributed by atoms with E-state index < -0.39 is 10.7 Å². The number of nitrogens with zero attached hydrogens (tertiary/aromatic N) is 1. The van der Waals surface area contributed by atoms with Gasteiger partial charge < -0.3 is 10.9 Å². The first kappa shape index (κ1) is 14.4. The molecule has 7 heteroatoms. The third-order valence-electron chi connectivity index (χ3n) is 1.81. The van der Waals surface area contributed by atoms with Crippen LogP contribution < -0.4 is 11.2 Å². The minimum atomic E-state index is -0.614. The number of halogens is 1. The van der Waals surface area contributed by atoms with Crippen LogP contribution in [0.2, 0.25) is 0 Å². The summed E-state index contributed by atoms with van der Waals surface area (Å²) in [5.41, 5.74) is 7.25. The Morgan fingerprint density at radius 1 is 1.62 bits per heavy atom. The van der Waals surface area contributed by atoms with Gasteiger partial charge in [0.05, 0.1) is 10.5 Å². The van der Waals surface area contributed by atoms with Gasteiger partial charge in [0.1, 0.15) is 5.82 Å². The highest BCUT2D eigenvalue weighted by Crippen LogP contribution is 2.22. The smallest absolute Gasteiger partial charge is 0.275 e. The second-order valence-corrected chi connectivity index (χ2v) is 2.91. The van der Waals surface area contributed by atoms with Gasteiger partial charge in [0.15, 0.2) is 0 Å². The Morgan fingerprint density at radius 2 is 2.12 bits per heavy atom. The van der Waals surface area contributed by atoms with Crippen LogP contribution in [0.25, 0.3) is 0 Å². The largest absolute Gasteiger partial charge is 0.326 e. The number of hydrogen-bond acceptors (Lipinski definition) is 5. The van der Waals surface area contributed by atoms with Crippen LogP contribution >= 0.6 is 0 Å². The maximum atomic E-state index is 13.0. The molecule has 0 aliphatic carbocycles. The zero-order valence-corrected chi connectivity index (χ0v) is 9.03. The summed E-state index contributed by atoms with van der Waals surface area (Å²) in [6.07, 6.45) is 0. The Morgan fingerprint density at radius 3 is 2.50 bits per heavy atom. The van der Waals surface area contributed by atoms with Gasteiger partial charge in [-0.1, -0.05) is 0 Å². The number of nitrogens with two attached hydrogens (primary N) is 1. The zero-order chi connectivity index (χ0) is 12.7. The molecule has 1 aromatic carbocycles. The summed E-state index contributed by atoms with van der Waals surface area (Å²) in [7, 11) is 1.43. The molecule has 0 unspecified atom stereocenters. The third kappa shape index (κ3) is 3.89. The fraction of sp³-hybridized carbons (Fsp3) is 0.333. The Kier molecular flexibility index (Phi) is 6.16. The van der Waals surface area contributed by atoms with Crippen LogP contribution in [-0.2, 0) is 6.54 Å². The predicted molar refractivity (Wildman–Crippen MR) is 56.5 cm³/mol. The summed E-state index contributed by atoms with van der Waals surface area (Å²) in [6, 6.07) is 2.50. The third-order valence-corrected chi connectivity index (χ3v) is 1.81. The standard InChI is InChI=1S/C8H9FN2O2.CH5NO/c1-5-7(9)2-6(4-10)3-8(5)11(12)13;1-2-3/h2-3H,4,10H2,1H3;2-3H,1H3. The van der Waals surface area contributed by atoms with Crippen molar-refractivity contribution in [3.8, 4) is 0 Å². The monoisotopic (exact) mass is 231 g/mol. The van der Waals surface area contributed by atoms with Gasteiger partial charge in [-0.25, -0.2) is 9.87 Å². The molecule has 0 aliphatic heterocycles. The second kappa shape index (κ2) is 6.83. The highest BCUT2D eigenvalue weighted by atomic mass is 19.1. The van der Waals surface area contributed by atoms with Crippen molar-refractivity contribution in [1.29, 1.82) is 0 Å². The number of nitrogens with one attached hydrogen (secondary N) is 1. The van der Waals surface area contributed by atoms with Crippen molar-refractivity contribution >= 4 is 5.69 Å². The van der Waals surface area contributed by atoms with Gasteiger partial charge in [-0.15, -0.1) is 0 Å². The first-order valence-corrected chi connectivity index (χ1v) is 4.42. The number of nitro groups is 1. The minimum Gasteiger partial charge on any atom is -0.326 e. The van der Waals surface area contributed by atoms with E-state index in [-0.39, 0.29) is 17.8 Å². The molecule has 1 rings (SSSR count). The maximum absolute atomic E-state index is 13.0. The van der Waals surface area contributed by atoms with Gasteiger partial charge in [0.25, 0.3) is 5.69 Å². The van der Waals surface area contributed by atoms with Crippen LogP contribution in [0.5, 0.6) is 0 Å². The van der Waals surface area contributed by atoms with Crippen LogP contribution in [-0.4, -0.2) is 17.2 Å². The predicted octanol–water partition coefficient (Wildman–Crippen LogP) is 1.10. The maximum Gasteiger partial charge on any atom is 0.275 e. The molecule has 0 amide bonds. The first-order valence-electron chi connectivity index (χ1n) is 4.42. The quantitative estimate of drug-likeness (QED) is 0.522. The molecule has 0 radical (unpaired) electrons.